The van der Waals surface area contributed by atoms with Crippen molar-refractivity contribution in [3.63, 3.8) is 0 Å². The molecule has 4 rings (SSSR count). The molecule has 184 valence electrons. The minimum atomic E-state index is -0.719. The molecule has 1 atom stereocenters. The maximum atomic E-state index is 13.9. The van der Waals surface area contributed by atoms with Gasteiger partial charge in [-0.2, -0.15) is 0 Å². The lowest BCUT2D eigenvalue weighted by molar-refractivity contribution is -0.121. The number of benzene rings is 3. The van der Waals surface area contributed by atoms with E-state index in [9.17, 15) is 9.59 Å². The third-order valence-corrected chi connectivity index (χ3v) is 6.08. The maximum Gasteiger partial charge on any atom is 0.227 e. The quantitative estimate of drug-likeness (QED) is 0.241. The van der Waals surface area contributed by atoms with Crippen LogP contribution in [-0.4, -0.2) is 22.7 Å². The first-order chi connectivity index (χ1) is 17.5. The number of nitrogens with zero attached hydrogens (tertiary/aromatic N) is 1. The van der Waals surface area contributed by atoms with Crippen LogP contribution in [0.4, 0.5) is 0 Å². The highest BCUT2D eigenvalue weighted by Crippen LogP contribution is 2.30. The molecule has 5 heteroatoms. The second kappa shape index (κ2) is 12.1. The monoisotopic (exact) mass is 480 g/mol. The number of oxazole rings is 1. The Hall–Kier alpha value is -3.99. The fourth-order valence-corrected chi connectivity index (χ4v) is 4.05. The van der Waals surface area contributed by atoms with Gasteiger partial charge in [-0.1, -0.05) is 92.7 Å². The van der Waals surface area contributed by atoms with E-state index in [0.717, 1.165) is 23.1 Å². The Kier molecular flexibility index (Phi) is 8.45. The Labute approximate surface area is 212 Å². The summed E-state index contributed by atoms with van der Waals surface area (Å²) in [5.41, 5.74) is 3.17. The molecule has 1 heterocycles. The van der Waals surface area contributed by atoms with Crippen LogP contribution in [0.2, 0.25) is 0 Å². The highest BCUT2D eigenvalue weighted by Gasteiger charge is 2.29. The Morgan fingerprint density at radius 1 is 0.806 bits per heavy atom. The van der Waals surface area contributed by atoms with Crippen LogP contribution in [-0.2, 0) is 11.2 Å². The van der Waals surface area contributed by atoms with Gasteiger partial charge in [-0.15, -0.1) is 0 Å². The fraction of sp³-hybridized carbons (Fsp3) is 0.258. The molecule has 4 aromatic rings. The SMILES string of the molecule is CC(C)CCC(=O)N[C@@H](CCc1ccccc1)C(=O)c1oc(-c2ccccc2)nc1-c1ccccc1. The highest BCUT2D eigenvalue weighted by molar-refractivity contribution is 6.04. The van der Waals surface area contributed by atoms with Crippen LogP contribution < -0.4 is 5.32 Å². The number of amides is 1. The number of carbonyl (C=O) groups excluding carboxylic acids is 2. The second-order valence-corrected chi connectivity index (χ2v) is 9.37. The predicted octanol–water partition coefficient (Wildman–Crippen LogP) is 6.75. The molecule has 0 fully saturated rings. The van der Waals surface area contributed by atoms with Crippen molar-refractivity contribution in [3.8, 4) is 22.7 Å². The minimum absolute atomic E-state index is 0.126. The van der Waals surface area contributed by atoms with E-state index < -0.39 is 6.04 Å². The van der Waals surface area contributed by atoms with Crippen molar-refractivity contribution in [1.29, 1.82) is 0 Å². The van der Waals surface area contributed by atoms with Crippen molar-refractivity contribution in [2.24, 2.45) is 5.92 Å². The van der Waals surface area contributed by atoms with E-state index in [1.54, 1.807) is 0 Å². The van der Waals surface area contributed by atoms with Crippen molar-refractivity contribution < 1.29 is 14.0 Å². The molecule has 0 aliphatic rings. The molecule has 0 unspecified atom stereocenters. The first-order valence-electron chi connectivity index (χ1n) is 12.5. The molecule has 0 aliphatic carbocycles. The normalized spacial score (nSPS) is 11.9. The van der Waals surface area contributed by atoms with Gasteiger partial charge >= 0.3 is 0 Å². The van der Waals surface area contributed by atoms with E-state index in [1.165, 1.54) is 0 Å². The molecule has 0 aliphatic heterocycles. The number of Topliss-reactive ketones (excluding diaryl/α,β-unsaturated/α-hetero) is 1. The van der Waals surface area contributed by atoms with Crippen LogP contribution in [0.25, 0.3) is 22.7 Å². The summed E-state index contributed by atoms with van der Waals surface area (Å²) in [5, 5.41) is 2.99. The van der Waals surface area contributed by atoms with Crippen molar-refractivity contribution in [1.82, 2.24) is 10.3 Å². The van der Waals surface area contributed by atoms with E-state index in [-0.39, 0.29) is 17.5 Å². The van der Waals surface area contributed by atoms with Crippen LogP contribution in [0.3, 0.4) is 0 Å². The van der Waals surface area contributed by atoms with Gasteiger partial charge in [-0.05, 0) is 42.9 Å². The first-order valence-corrected chi connectivity index (χ1v) is 12.5. The summed E-state index contributed by atoms with van der Waals surface area (Å²) < 4.78 is 6.12. The van der Waals surface area contributed by atoms with Crippen LogP contribution in [0.1, 0.15) is 49.2 Å². The average Bonchev–Trinajstić information content (AvgIpc) is 3.37. The Morgan fingerprint density at radius 2 is 1.39 bits per heavy atom. The first kappa shape index (κ1) is 25.1. The van der Waals surface area contributed by atoms with E-state index in [4.69, 9.17) is 9.40 Å². The molecule has 0 saturated heterocycles. The number of ketones is 1. The number of aryl methyl sites for hydroxylation is 1. The van der Waals surface area contributed by atoms with Crippen LogP contribution in [0, 0.1) is 5.92 Å². The van der Waals surface area contributed by atoms with E-state index in [1.807, 2.05) is 91.0 Å². The summed E-state index contributed by atoms with van der Waals surface area (Å²) >= 11 is 0. The number of hydrogen-bond donors (Lipinski definition) is 1. The van der Waals surface area contributed by atoms with E-state index >= 15 is 0 Å². The summed E-state index contributed by atoms with van der Waals surface area (Å²) in [6, 6.07) is 28.3. The summed E-state index contributed by atoms with van der Waals surface area (Å²) in [6.07, 6.45) is 2.26. The lowest BCUT2D eigenvalue weighted by atomic mass is 9.98. The Morgan fingerprint density at radius 3 is 2.00 bits per heavy atom. The van der Waals surface area contributed by atoms with Gasteiger partial charge in [0.2, 0.25) is 23.3 Å². The number of carbonyl (C=O) groups is 2. The van der Waals surface area contributed by atoms with Gasteiger partial charge in [0, 0.05) is 17.5 Å². The molecule has 0 spiro atoms. The van der Waals surface area contributed by atoms with E-state index in [2.05, 4.69) is 19.2 Å². The maximum absolute atomic E-state index is 13.9. The number of hydrogen-bond acceptors (Lipinski definition) is 4. The van der Waals surface area contributed by atoms with Gasteiger partial charge in [0.1, 0.15) is 5.69 Å². The Bertz CT molecular complexity index is 1270. The van der Waals surface area contributed by atoms with Gasteiger partial charge in [-0.25, -0.2) is 4.98 Å². The third-order valence-electron chi connectivity index (χ3n) is 6.08. The van der Waals surface area contributed by atoms with Crippen LogP contribution in [0.5, 0.6) is 0 Å². The van der Waals surface area contributed by atoms with E-state index in [0.29, 0.717) is 36.8 Å². The molecule has 0 radical (unpaired) electrons. The molecular weight excluding hydrogens is 448 g/mol. The summed E-state index contributed by atoms with van der Waals surface area (Å²) in [5.74, 6) is 0.561. The molecule has 0 saturated carbocycles. The molecule has 5 nitrogen and oxygen atoms in total. The molecule has 1 aromatic heterocycles. The highest BCUT2D eigenvalue weighted by atomic mass is 16.4. The zero-order chi connectivity index (χ0) is 25.3. The largest absolute Gasteiger partial charge is 0.432 e. The van der Waals surface area contributed by atoms with Crippen molar-refractivity contribution in [3.05, 3.63) is 102 Å². The summed E-state index contributed by atoms with van der Waals surface area (Å²) in [6.45, 7) is 4.16. The molecule has 36 heavy (non-hydrogen) atoms. The van der Waals surface area contributed by atoms with Crippen LogP contribution in [0.15, 0.2) is 95.4 Å². The zero-order valence-electron chi connectivity index (χ0n) is 20.8. The van der Waals surface area contributed by atoms with Crippen LogP contribution >= 0.6 is 0 Å². The molecule has 0 bridgehead atoms. The lowest BCUT2D eigenvalue weighted by Gasteiger charge is -2.18. The fourth-order valence-electron chi connectivity index (χ4n) is 4.05. The topological polar surface area (TPSA) is 72.2 Å². The summed E-state index contributed by atoms with van der Waals surface area (Å²) in [4.78, 5) is 31.4. The molecule has 1 N–H and O–H groups in total. The number of nitrogens with one attached hydrogen (secondary N) is 1. The third kappa shape index (κ3) is 6.57. The van der Waals surface area contributed by atoms with Gasteiger partial charge in [0.15, 0.2) is 0 Å². The molecule has 1 amide bonds. The van der Waals surface area contributed by atoms with Gasteiger partial charge in [0.25, 0.3) is 0 Å². The van der Waals surface area contributed by atoms with Crippen molar-refractivity contribution in [2.75, 3.05) is 0 Å². The number of aromatic nitrogens is 1. The second-order valence-electron chi connectivity index (χ2n) is 9.37. The number of rotatable bonds is 11. The lowest BCUT2D eigenvalue weighted by Crippen LogP contribution is -2.41. The van der Waals surface area contributed by atoms with Gasteiger partial charge < -0.3 is 9.73 Å². The van der Waals surface area contributed by atoms with Gasteiger partial charge in [0.05, 0.1) is 6.04 Å². The molecule has 3 aromatic carbocycles. The smallest absolute Gasteiger partial charge is 0.227 e. The zero-order valence-corrected chi connectivity index (χ0v) is 20.8. The van der Waals surface area contributed by atoms with Crippen molar-refractivity contribution >= 4 is 11.7 Å². The standard InChI is InChI=1S/C31H32N2O3/c1-22(2)18-21-27(34)32-26(20-19-23-12-6-3-7-13-23)29(35)30-28(24-14-8-4-9-15-24)33-31(36-30)25-16-10-5-11-17-25/h3-17,22,26H,18-21H2,1-2H3,(H,32,34)/t26-/m0/s1. The predicted molar refractivity (Wildman–Crippen MR) is 142 cm³/mol. The van der Waals surface area contributed by atoms with Crippen molar-refractivity contribution in [2.45, 2.75) is 45.6 Å². The Balaban J connectivity index is 1.67. The molecular formula is C31H32N2O3. The average molecular weight is 481 g/mol. The summed E-state index contributed by atoms with van der Waals surface area (Å²) in [7, 11) is 0. The minimum Gasteiger partial charge on any atom is -0.432 e. The van der Waals surface area contributed by atoms with Gasteiger partial charge in [-0.3, -0.25) is 9.59 Å².